The van der Waals surface area contributed by atoms with Crippen LogP contribution in [-0.4, -0.2) is 63.9 Å². The van der Waals surface area contributed by atoms with Gasteiger partial charge in [0.15, 0.2) is 0 Å². The van der Waals surface area contributed by atoms with Crippen LogP contribution in [0.4, 0.5) is 4.39 Å². The Balaban J connectivity index is 1.16. The Morgan fingerprint density at radius 1 is 1.08 bits per heavy atom. The zero-order valence-corrected chi connectivity index (χ0v) is 21.6. The fourth-order valence-electron chi connectivity index (χ4n) is 5.59. The van der Waals surface area contributed by atoms with Crippen molar-refractivity contribution in [3.8, 4) is 0 Å². The smallest absolute Gasteiger partial charge is 0.258 e. The van der Waals surface area contributed by atoms with Crippen LogP contribution in [0.2, 0.25) is 5.02 Å². The molecular weight excluding hydrogens is 493 g/mol. The summed E-state index contributed by atoms with van der Waals surface area (Å²) in [7, 11) is 1.89. The highest BCUT2D eigenvalue weighted by atomic mass is 35.5. The van der Waals surface area contributed by atoms with E-state index in [0.29, 0.717) is 24.9 Å². The number of fused-ring (bicyclic) bond motifs is 1. The first-order valence-electron chi connectivity index (χ1n) is 12.6. The number of rotatable bonds is 8. The molecule has 7 nitrogen and oxygen atoms in total. The lowest BCUT2D eigenvalue weighted by Crippen LogP contribution is -2.36. The number of hydrogen-bond acceptors (Lipinski definition) is 4. The van der Waals surface area contributed by atoms with Gasteiger partial charge in [0.1, 0.15) is 5.82 Å². The maximum absolute atomic E-state index is 14.3. The molecule has 1 aromatic heterocycles. The Morgan fingerprint density at radius 3 is 2.46 bits per heavy atom. The third-order valence-corrected chi connectivity index (χ3v) is 7.71. The summed E-state index contributed by atoms with van der Waals surface area (Å²) in [6.45, 7) is 3.80. The fourth-order valence-corrected chi connectivity index (χ4v) is 5.83. The number of halogens is 2. The van der Waals surface area contributed by atoms with Crippen molar-refractivity contribution >= 4 is 23.4 Å². The molecule has 5 rings (SSSR count). The molecule has 2 fully saturated rings. The molecule has 0 bridgehead atoms. The highest BCUT2D eigenvalue weighted by Crippen LogP contribution is 2.33. The van der Waals surface area contributed by atoms with Gasteiger partial charge in [0.25, 0.3) is 5.91 Å². The van der Waals surface area contributed by atoms with Crippen LogP contribution in [0.25, 0.3) is 0 Å². The maximum Gasteiger partial charge on any atom is 0.258 e. The van der Waals surface area contributed by atoms with Crippen LogP contribution < -0.4 is 5.32 Å². The van der Waals surface area contributed by atoms with Crippen LogP contribution in [0.5, 0.6) is 0 Å². The minimum Gasteiger partial charge on any atom is -0.349 e. The summed E-state index contributed by atoms with van der Waals surface area (Å²) >= 11 is 6.12. The van der Waals surface area contributed by atoms with E-state index in [0.717, 1.165) is 37.3 Å². The molecule has 2 saturated heterocycles. The molecule has 2 aliphatic rings. The number of amides is 2. The molecule has 9 heteroatoms. The first kappa shape index (κ1) is 25.4. The Bertz CT molecular complexity index is 1230. The number of nitrogens with zero attached hydrogens (tertiary/aromatic N) is 4. The molecule has 2 amide bonds. The summed E-state index contributed by atoms with van der Waals surface area (Å²) in [6, 6.07) is 14.3. The Hall–Kier alpha value is -3.23. The molecule has 37 heavy (non-hydrogen) atoms. The number of aryl methyl sites for hydroxylation is 1. The third kappa shape index (κ3) is 5.86. The molecule has 3 aromatic rings. The van der Waals surface area contributed by atoms with E-state index in [2.05, 4.69) is 15.2 Å². The lowest BCUT2D eigenvalue weighted by atomic mass is 10.0. The van der Waals surface area contributed by atoms with E-state index >= 15 is 0 Å². The number of nitrogens with one attached hydrogen (secondary N) is 1. The number of aromatic nitrogens is 2. The molecule has 1 N–H and O–H groups in total. The summed E-state index contributed by atoms with van der Waals surface area (Å²) in [6.07, 6.45) is 4.58. The van der Waals surface area contributed by atoms with Crippen molar-refractivity contribution in [1.29, 1.82) is 0 Å². The predicted molar refractivity (Wildman–Crippen MR) is 140 cm³/mol. The Kier molecular flexibility index (Phi) is 7.58. The molecule has 0 spiro atoms. The summed E-state index contributed by atoms with van der Waals surface area (Å²) in [5, 5.41) is 3.35. The second kappa shape index (κ2) is 11.0. The minimum atomic E-state index is -0.576. The van der Waals surface area contributed by atoms with Crippen molar-refractivity contribution in [1.82, 2.24) is 24.7 Å². The molecule has 194 valence electrons. The van der Waals surface area contributed by atoms with E-state index in [1.807, 2.05) is 48.1 Å². The van der Waals surface area contributed by atoms with Crippen LogP contribution in [0.1, 0.15) is 34.1 Å². The number of benzene rings is 2. The maximum atomic E-state index is 14.3. The van der Waals surface area contributed by atoms with Gasteiger partial charge in [0.05, 0.1) is 35.1 Å². The molecule has 0 aliphatic carbocycles. The highest BCUT2D eigenvalue weighted by Gasteiger charge is 2.42. The zero-order valence-electron chi connectivity index (χ0n) is 20.8. The molecule has 0 saturated carbocycles. The topological polar surface area (TPSA) is 70.5 Å². The van der Waals surface area contributed by atoms with Gasteiger partial charge >= 0.3 is 0 Å². The molecule has 3 atom stereocenters. The fraction of sp³-hybridized carbons (Fsp3) is 0.393. The quantitative estimate of drug-likeness (QED) is 0.489. The van der Waals surface area contributed by atoms with Crippen molar-refractivity contribution in [2.75, 3.05) is 32.7 Å². The Morgan fingerprint density at radius 2 is 1.81 bits per heavy atom. The van der Waals surface area contributed by atoms with Gasteiger partial charge in [-0.05, 0) is 36.0 Å². The number of likely N-dealkylation sites (tertiary alicyclic amines) is 2. The van der Waals surface area contributed by atoms with Gasteiger partial charge in [-0.3, -0.25) is 9.59 Å². The molecule has 3 heterocycles. The summed E-state index contributed by atoms with van der Waals surface area (Å²) in [5.74, 6) is -0.254. The van der Waals surface area contributed by atoms with Crippen LogP contribution in [0, 0.1) is 17.7 Å². The van der Waals surface area contributed by atoms with E-state index in [1.54, 1.807) is 17.3 Å². The second-order valence-corrected chi connectivity index (χ2v) is 10.5. The standard InChI is InChI=1S/C28H31ClFN5O2/c1-33-17-22(31-18-33)12-26(36)32-25(19-6-3-2-4-7-19)10-11-34-13-20-15-35(16-21(20)14-34)28(37)27-23(29)8-5-9-24(27)30/h2-9,17-18,20-21,25H,10-16H2,1H3,(H,32,36)/t20-,21?,25?/m0/s1. The van der Waals surface area contributed by atoms with E-state index in [-0.39, 0.29) is 34.9 Å². The lowest BCUT2D eigenvalue weighted by Gasteiger charge is -2.25. The number of carbonyl (C=O) groups is 2. The highest BCUT2D eigenvalue weighted by molar-refractivity contribution is 6.33. The SMILES string of the molecule is Cn1cnc(CC(=O)NC(CCN2CC3CN(C(=O)c4c(F)cccc4Cl)C[C@@H]3C2)c2ccccc2)c1. The van der Waals surface area contributed by atoms with E-state index in [4.69, 9.17) is 11.6 Å². The van der Waals surface area contributed by atoms with E-state index in [1.165, 1.54) is 12.1 Å². The van der Waals surface area contributed by atoms with Crippen molar-refractivity contribution in [3.05, 3.63) is 88.7 Å². The second-order valence-electron chi connectivity index (χ2n) is 10.1. The van der Waals surface area contributed by atoms with E-state index < -0.39 is 5.82 Å². The lowest BCUT2D eigenvalue weighted by molar-refractivity contribution is -0.121. The van der Waals surface area contributed by atoms with Crippen LogP contribution in [-0.2, 0) is 18.3 Å². The van der Waals surface area contributed by atoms with Gasteiger partial charge in [0, 0.05) is 46.0 Å². The largest absolute Gasteiger partial charge is 0.349 e. The van der Waals surface area contributed by atoms with Crippen molar-refractivity contribution < 1.29 is 14.0 Å². The van der Waals surface area contributed by atoms with Gasteiger partial charge in [-0.2, -0.15) is 0 Å². The average molecular weight is 524 g/mol. The number of carbonyl (C=O) groups excluding carboxylic acids is 2. The van der Waals surface area contributed by atoms with Crippen LogP contribution >= 0.6 is 11.6 Å². The minimum absolute atomic E-state index is 0.0341. The van der Waals surface area contributed by atoms with Gasteiger partial charge in [-0.25, -0.2) is 9.37 Å². The summed E-state index contributed by atoms with van der Waals surface area (Å²) < 4.78 is 16.1. The number of hydrogen-bond donors (Lipinski definition) is 1. The van der Waals surface area contributed by atoms with Gasteiger partial charge in [0.2, 0.25) is 5.91 Å². The first-order valence-corrected chi connectivity index (χ1v) is 13.0. The van der Waals surface area contributed by atoms with Gasteiger partial charge in [-0.15, -0.1) is 0 Å². The zero-order chi connectivity index (χ0) is 25.9. The molecule has 2 aliphatic heterocycles. The Labute approximate surface area is 221 Å². The van der Waals surface area contributed by atoms with Crippen LogP contribution in [0.15, 0.2) is 61.1 Å². The average Bonchev–Trinajstić information content (AvgIpc) is 3.57. The molecular formula is C28H31ClFN5O2. The third-order valence-electron chi connectivity index (χ3n) is 7.40. The normalized spacial score (nSPS) is 20.1. The first-order chi connectivity index (χ1) is 17.9. The monoisotopic (exact) mass is 523 g/mol. The summed E-state index contributed by atoms with van der Waals surface area (Å²) in [4.78, 5) is 34.1. The van der Waals surface area contributed by atoms with E-state index in [9.17, 15) is 14.0 Å². The van der Waals surface area contributed by atoms with Gasteiger partial charge < -0.3 is 19.7 Å². The van der Waals surface area contributed by atoms with Crippen molar-refractivity contribution in [2.24, 2.45) is 18.9 Å². The van der Waals surface area contributed by atoms with Crippen LogP contribution in [0.3, 0.4) is 0 Å². The predicted octanol–water partition coefficient (Wildman–Crippen LogP) is 3.71. The number of imidazole rings is 1. The molecule has 0 radical (unpaired) electrons. The van der Waals surface area contributed by atoms with Crippen molar-refractivity contribution in [2.45, 2.75) is 18.9 Å². The summed E-state index contributed by atoms with van der Waals surface area (Å²) in [5.41, 5.74) is 1.79. The molecule has 2 unspecified atom stereocenters. The molecule has 2 aromatic carbocycles. The van der Waals surface area contributed by atoms with Crippen molar-refractivity contribution in [3.63, 3.8) is 0 Å². The van der Waals surface area contributed by atoms with Gasteiger partial charge in [-0.1, -0.05) is 48.0 Å².